The SMILES string of the molecule is CCCC(Nc1ccc(N(CCCN(C)C)C(C)=O)cc1)=C1C(=O)Nc2cc(C(=O)OCC)ccc21. The second-order valence-electron chi connectivity index (χ2n) is 9.04. The summed E-state index contributed by atoms with van der Waals surface area (Å²) in [4.78, 5) is 41.1. The molecule has 36 heavy (non-hydrogen) atoms. The number of rotatable bonds is 11. The van der Waals surface area contributed by atoms with Crippen LogP contribution in [-0.4, -0.2) is 56.5 Å². The molecule has 192 valence electrons. The molecule has 0 atom stereocenters. The minimum atomic E-state index is -0.416. The minimum absolute atomic E-state index is 0.00433. The Morgan fingerprint density at radius 2 is 1.75 bits per heavy atom. The predicted molar refractivity (Wildman–Crippen MR) is 144 cm³/mol. The molecule has 0 bridgehead atoms. The summed E-state index contributed by atoms with van der Waals surface area (Å²) in [6.07, 6.45) is 2.40. The van der Waals surface area contributed by atoms with Crippen LogP contribution in [0.2, 0.25) is 0 Å². The molecule has 3 rings (SSSR count). The lowest BCUT2D eigenvalue weighted by Crippen LogP contribution is -2.31. The highest BCUT2D eigenvalue weighted by Crippen LogP contribution is 2.36. The van der Waals surface area contributed by atoms with Gasteiger partial charge < -0.3 is 25.2 Å². The lowest BCUT2D eigenvalue weighted by Gasteiger charge is -2.23. The number of hydrogen-bond acceptors (Lipinski definition) is 6. The van der Waals surface area contributed by atoms with E-state index < -0.39 is 5.97 Å². The van der Waals surface area contributed by atoms with Gasteiger partial charge in [0, 0.05) is 36.1 Å². The molecule has 1 aliphatic heterocycles. The summed E-state index contributed by atoms with van der Waals surface area (Å²) in [5.74, 6) is -0.618. The average Bonchev–Trinajstić information content (AvgIpc) is 3.16. The number of nitrogens with zero attached hydrogens (tertiary/aromatic N) is 2. The second kappa shape index (κ2) is 12.4. The largest absolute Gasteiger partial charge is 0.462 e. The lowest BCUT2D eigenvalue weighted by atomic mass is 10.0. The molecule has 0 saturated carbocycles. The topological polar surface area (TPSA) is 91.0 Å². The quantitative estimate of drug-likeness (QED) is 0.348. The van der Waals surface area contributed by atoms with Gasteiger partial charge in [-0.05, 0) is 76.8 Å². The second-order valence-corrected chi connectivity index (χ2v) is 9.04. The van der Waals surface area contributed by atoms with Gasteiger partial charge in [-0.25, -0.2) is 4.79 Å². The molecule has 0 spiro atoms. The van der Waals surface area contributed by atoms with Gasteiger partial charge in [-0.1, -0.05) is 19.4 Å². The lowest BCUT2D eigenvalue weighted by molar-refractivity contribution is -0.116. The zero-order valence-corrected chi connectivity index (χ0v) is 21.8. The van der Waals surface area contributed by atoms with Crippen molar-refractivity contribution in [2.24, 2.45) is 0 Å². The first-order chi connectivity index (χ1) is 17.2. The Morgan fingerprint density at radius 1 is 1.03 bits per heavy atom. The molecule has 0 aliphatic carbocycles. The van der Waals surface area contributed by atoms with Crippen molar-refractivity contribution in [2.75, 3.05) is 49.3 Å². The number of benzene rings is 2. The number of carbonyl (C=O) groups excluding carboxylic acids is 3. The van der Waals surface area contributed by atoms with Crippen LogP contribution < -0.4 is 15.5 Å². The summed E-state index contributed by atoms with van der Waals surface area (Å²) < 4.78 is 5.08. The van der Waals surface area contributed by atoms with Crippen molar-refractivity contribution >= 4 is 40.4 Å². The highest BCUT2D eigenvalue weighted by Gasteiger charge is 2.28. The first-order valence-corrected chi connectivity index (χ1v) is 12.4. The van der Waals surface area contributed by atoms with E-state index in [0.29, 0.717) is 29.8 Å². The molecule has 2 amide bonds. The molecule has 0 aromatic heterocycles. The maximum atomic E-state index is 12.9. The third-order valence-electron chi connectivity index (χ3n) is 5.92. The average molecular weight is 493 g/mol. The molecule has 8 heteroatoms. The number of carbonyl (C=O) groups is 3. The number of hydrogen-bond donors (Lipinski definition) is 2. The number of nitrogens with one attached hydrogen (secondary N) is 2. The van der Waals surface area contributed by atoms with E-state index in [4.69, 9.17) is 4.74 Å². The van der Waals surface area contributed by atoms with Gasteiger partial charge in [0.15, 0.2) is 0 Å². The number of ether oxygens (including phenoxy) is 1. The summed E-state index contributed by atoms with van der Waals surface area (Å²) in [6.45, 7) is 7.23. The van der Waals surface area contributed by atoms with E-state index in [1.54, 1.807) is 36.9 Å². The number of fused-ring (bicyclic) bond motifs is 1. The molecule has 0 unspecified atom stereocenters. The summed E-state index contributed by atoms with van der Waals surface area (Å²) in [5, 5.41) is 6.30. The molecular formula is C28H36N4O4. The van der Waals surface area contributed by atoms with Crippen molar-refractivity contribution in [1.29, 1.82) is 0 Å². The third-order valence-corrected chi connectivity index (χ3v) is 5.92. The number of esters is 1. The van der Waals surface area contributed by atoms with Crippen LogP contribution in [0.15, 0.2) is 48.2 Å². The molecule has 0 saturated heterocycles. The third kappa shape index (κ3) is 6.51. The van der Waals surface area contributed by atoms with Gasteiger partial charge in [-0.15, -0.1) is 0 Å². The standard InChI is InChI=1S/C28H36N4O4/c1-6-9-24(26-23-15-10-20(28(35)36-7-2)18-25(23)30-27(26)34)29-21-11-13-22(14-12-21)32(19(3)33)17-8-16-31(4)5/h10-15,18,29H,6-9,16-17H2,1-5H3,(H,30,34). The molecular weight excluding hydrogens is 456 g/mol. The molecule has 0 fully saturated rings. The van der Waals surface area contributed by atoms with Gasteiger partial charge in [0.05, 0.1) is 23.4 Å². The van der Waals surface area contributed by atoms with E-state index in [-0.39, 0.29) is 18.4 Å². The Kier molecular flexibility index (Phi) is 9.25. The van der Waals surface area contributed by atoms with Crippen LogP contribution in [0.4, 0.5) is 17.1 Å². The predicted octanol–water partition coefficient (Wildman–Crippen LogP) is 4.74. The summed E-state index contributed by atoms with van der Waals surface area (Å²) in [7, 11) is 4.03. The zero-order valence-electron chi connectivity index (χ0n) is 21.8. The highest BCUT2D eigenvalue weighted by molar-refractivity contribution is 6.32. The first-order valence-electron chi connectivity index (χ1n) is 12.4. The molecule has 1 aliphatic rings. The van der Waals surface area contributed by atoms with E-state index in [1.165, 1.54) is 0 Å². The van der Waals surface area contributed by atoms with Gasteiger partial charge >= 0.3 is 5.97 Å². The van der Waals surface area contributed by atoms with E-state index >= 15 is 0 Å². The van der Waals surface area contributed by atoms with E-state index in [9.17, 15) is 14.4 Å². The molecule has 2 aromatic carbocycles. The molecule has 1 heterocycles. The van der Waals surface area contributed by atoms with Crippen molar-refractivity contribution in [3.05, 3.63) is 59.3 Å². The summed E-state index contributed by atoms with van der Waals surface area (Å²) in [6, 6.07) is 12.8. The van der Waals surface area contributed by atoms with Crippen LogP contribution in [0.3, 0.4) is 0 Å². The van der Waals surface area contributed by atoms with Crippen LogP contribution in [-0.2, 0) is 14.3 Å². The summed E-state index contributed by atoms with van der Waals surface area (Å²) >= 11 is 0. The van der Waals surface area contributed by atoms with E-state index in [1.807, 2.05) is 38.4 Å². The van der Waals surface area contributed by atoms with Gasteiger partial charge in [0.1, 0.15) is 0 Å². The maximum absolute atomic E-state index is 12.9. The minimum Gasteiger partial charge on any atom is -0.462 e. The van der Waals surface area contributed by atoms with E-state index in [0.717, 1.165) is 42.0 Å². The van der Waals surface area contributed by atoms with Crippen molar-refractivity contribution in [1.82, 2.24) is 4.90 Å². The molecule has 2 aromatic rings. The van der Waals surface area contributed by atoms with Crippen molar-refractivity contribution in [3.8, 4) is 0 Å². The first kappa shape index (κ1) is 26.9. The smallest absolute Gasteiger partial charge is 0.338 e. The van der Waals surface area contributed by atoms with Crippen LogP contribution in [0.5, 0.6) is 0 Å². The van der Waals surface area contributed by atoms with Gasteiger partial charge in [-0.2, -0.15) is 0 Å². The molecule has 0 radical (unpaired) electrons. The zero-order chi connectivity index (χ0) is 26.2. The highest BCUT2D eigenvalue weighted by atomic mass is 16.5. The van der Waals surface area contributed by atoms with Crippen LogP contribution in [0.25, 0.3) is 5.57 Å². The maximum Gasteiger partial charge on any atom is 0.338 e. The monoisotopic (exact) mass is 492 g/mol. The fraction of sp³-hybridized carbons (Fsp3) is 0.393. The Balaban J connectivity index is 1.85. The number of amides is 2. The molecule has 8 nitrogen and oxygen atoms in total. The number of anilines is 3. The van der Waals surface area contributed by atoms with E-state index in [2.05, 4.69) is 22.5 Å². The van der Waals surface area contributed by atoms with Crippen molar-refractivity contribution < 1.29 is 19.1 Å². The van der Waals surface area contributed by atoms with Crippen molar-refractivity contribution in [2.45, 2.75) is 40.0 Å². The van der Waals surface area contributed by atoms with Gasteiger partial charge in [0.2, 0.25) is 5.91 Å². The van der Waals surface area contributed by atoms with Crippen molar-refractivity contribution in [3.63, 3.8) is 0 Å². The Labute approximate surface area is 213 Å². The van der Waals surface area contributed by atoms with Gasteiger partial charge in [0.25, 0.3) is 5.91 Å². The van der Waals surface area contributed by atoms with Crippen LogP contribution in [0.1, 0.15) is 56.0 Å². The Hall–Kier alpha value is -3.65. The normalized spacial score (nSPS) is 13.8. The summed E-state index contributed by atoms with van der Waals surface area (Å²) in [5.41, 5.74) is 4.80. The Morgan fingerprint density at radius 3 is 2.36 bits per heavy atom. The van der Waals surface area contributed by atoms with Crippen LogP contribution >= 0.6 is 0 Å². The molecule has 2 N–H and O–H groups in total. The fourth-order valence-corrected chi connectivity index (χ4v) is 4.23. The van der Waals surface area contributed by atoms with Gasteiger partial charge in [-0.3, -0.25) is 9.59 Å². The Bertz CT molecular complexity index is 1140. The van der Waals surface area contributed by atoms with Crippen LogP contribution in [0, 0.1) is 0 Å². The fourth-order valence-electron chi connectivity index (χ4n) is 4.23. The number of allylic oxidation sites excluding steroid dienone is 1.